The van der Waals surface area contributed by atoms with Crippen LogP contribution in [0.5, 0.6) is 0 Å². The molecule has 6 heteroatoms. The molecule has 5 nitrogen and oxygen atoms in total. The van der Waals surface area contributed by atoms with Gasteiger partial charge in [-0.1, -0.05) is 0 Å². The number of nitrogens with zero attached hydrogens (tertiary/aromatic N) is 1. The van der Waals surface area contributed by atoms with Crippen LogP contribution in [0.2, 0.25) is 0 Å². The summed E-state index contributed by atoms with van der Waals surface area (Å²) in [5.74, 6) is -2.52. The lowest BCUT2D eigenvalue weighted by atomic mass is 10.1. The van der Waals surface area contributed by atoms with Gasteiger partial charge in [0, 0.05) is 20.2 Å². The van der Waals surface area contributed by atoms with Crippen LogP contribution in [0.1, 0.15) is 40.0 Å². The highest BCUT2D eigenvalue weighted by Crippen LogP contribution is 2.16. The summed E-state index contributed by atoms with van der Waals surface area (Å²) in [4.78, 5) is 24.4. The van der Waals surface area contributed by atoms with Crippen LogP contribution in [-0.4, -0.2) is 48.2 Å². The van der Waals surface area contributed by atoms with E-state index in [9.17, 15) is 14.0 Å². The van der Waals surface area contributed by atoms with Gasteiger partial charge in [0.25, 0.3) is 5.91 Å². The van der Waals surface area contributed by atoms with Gasteiger partial charge in [-0.25, -0.2) is 9.18 Å². The van der Waals surface area contributed by atoms with Gasteiger partial charge in [-0.2, -0.15) is 0 Å². The maximum Gasteiger partial charge on any atom is 0.335 e. The van der Waals surface area contributed by atoms with Crippen molar-refractivity contribution in [3.63, 3.8) is 0 Å². The van der Waals surface area contributed by atoms with Gasteiger partial charge >= 0.3 is 5.97 Å². The Morgan fingerprint density at radius 3 is 2.76 bits per heavy atom. The second-order valence-electron chi connectivity index (χ2n) is 5.17. The van der Waals surface area contributed by atoms with Gasteiger partial charge in [0.05, 0.1) is 17.2 Å². The van der Waals surface area contributed by atoms with E-state index >= 15 is 0 Å². The van der Waals surface area contributed by atoms with Crippen LogP contribution in [0.25, 0.3) is 0 Å². The Hall–Kier alpha value is -1.95. The Kier molecular flexibility index (Phi) is 4.90. The first kappa shape index (κ1) is 15.4. The number of aromatic carboxylic acids is 1. The minimum absolute atomic E-state index is 0.0194. The summed E-state index contributed by atoms with van der Waals surface area (Å²) in [6.07, 6.45) is 2.96. The molecule has 2 rings (SSSR count). The van der Waals surface area contributed by atoms with E-state index in [2.05, 4.69) is 0 Å². The third-order valence-electron chi connectivity index (χ3n) is 3.54. The van der Waals surface area contributed by atoms with Gasteiger partial charge < -0.3 is 14.7 Å². The predicted molar refractivity (Wildman–Crippen MR) is 73.9 cm³/mol. The van der Waals surface area contributed by atoms with Crippen LogP contribution in [0.4, 0.5) is 4.39 Å². The Morgan fingerprint density at radius 2 is 2.19 bits per heavy atom. The molecule has 0 aliphatic carbocycles. The zero-order valence-corrected chi connectivity index (χ0v) is 11.8. The van der Waals surface area contributed by atoms with Crippen molar-refractivity contribution in [1.29, 1.82) is 0 Å². The van der Waals surface area contributed by atoms with Crippen molar-refractivity contribution < 1.29 is 23.8 Å². The van der Waals surface area contributed by atoms with Gasteiger partial charge in [0.2, 0.25) is 0 Å². The summed E-state index contributed by atoms with van der Waals surface area (Å²) >= 11 is 0. The van der Waals surface area contributed by atoms with Crippen molar-refractivity contribution in [2.45, 2.75) is 25.4 Å². The number of carboxylic acids is 1. The van der Waals surface area contributed by atoms with E-state index in [-0.39, 0.29) is 17.2 Å². The Balaban J connectivity index is 2.06. The van der Waals surface area contributed by atoms with Crippen LogP contribution in [0, 0.1) is 5.82 Å². The molecular weight excluding hydrogens is 277 g/mol. The van der Waals surface area contributed by atoms with Crippen molar-refractivity contribution in [1.82, 2.24) is 4.90 Å². The molecule has 1 aliphatic rings. The van der Waals surface area contributed by atoms with Crippen LogP contribution >= 0.6 is 0 Å². The summed E-state index contributed by atoms with van der Waals surface area (Å²) in [6, 6.07) is 3.30. The van der Waals surface area contributed by atoms with Crippen molar-refractivity contribution in [3.05, 3.63) is 35.1 Å². The number of likely N-dealkylation sites (N-methyl/N-ethyl adjacent to an activating group) is 1. The maximum absolute atomic E-state index is 13.9. The van der Waals surface area contributed by atoms with Gasteiger partial charge in [-0.3, -0.25) is 4.79 Å². The van der Waals surface area contributed by atoms with Crippen LogP contribution in [0.3, 0.4) is 0 Å². The third-order valence-corrected chi connectivity index (χ3v) is 3.54. The van der Waals surface area contributed by atoms with Crippen LogP contribution in [0.15, 0.2) is 18.2 Å². The summed E-state index contributed by atoms with van der Waals surface area (Å²) in [5.41, 5.74) is -0.305. The van der Waals surface area contributed by atoms with E-state index in [4.69, 9.17) is 9.84 Å². The van der Waals surface area contributed by atoms with E-state index in [1.165, 1.54) is 17.0 Å². The molecule has 1 atom stereocenters. The predicted octanol–water partition coefficient (Wildman–Crippen LogP) is 2.17. The topological polar surface area (TPSA) is 66.8 Å². The van der Waals surface area contributed by atoms with Gasteiger partial charge in [0.15, 0.2) is 0 Å². The van der Waals surface area contributed by atoms with Crippen molar-refractivity contribution in [3.8, 4) is 0 Å². The standard InChI is InChI=1S/C15H18FNO4/c1-17(9-11-4-2-3-7-21-11)14(18)12-6-5-10(15(19)20)8-13(12)16/h5-6,8,11H,2-4,7,9H2,1H3,(H,19,20). The summed E-state index contributed by atoms with van der Waals surface area (Å²) in [5, 5.41) is 8.79. The lowest BCUT2D eigenvalue weighted by molar-refractivity contribution is -0.000270. The molecule has 1 saturated heterocycles. The number of carbonyl (C=O) groups excluding carboxylic acids is 1. The fourth-order valence-corrected chi connectivity index (χ4v) is 2.37. The quantitative estimate of drug-likeness (QED) is 0.924. The first-order chi connectivity index (χ1) is 9.99. The molecule has 1 aromatic rings. The smallest absolute Gasteiger partial charge is 0.335 e. The number of hydrogen-bond donors (Lipinski definition) is 1. The van der Waals surface area contributed by atoms with E-state index in [0.29, 0.717) is 13.2 Å². The van der Waals surface area contributed by atoms with Gasteiger partial charge in [-0.05, 0) is 37.5 Å². The molecule has 1 aliphatic heterocycles. The minimum atomic E-state index is -1.23. The average molecular weight is 295 g/mol. The first-order valence-electron chi connectivity index (χ1n) is 6.89. The number of ether oxygens (including phenoxy) is 1. The SMILES string of the molecule is CN(CC1CCCCO1)C(=O)c1ccc(C(=O)O)cc1F. The Morgan fingerprint density at radius 1 is 1.43 bits per heavy atom. The molecule has 0 radical (unpaired) electrons. The zero-order valence-electron chi connectivity index (χ0n) is 11.8. The minimum Gasteiger partial charge on any atom is -0.478 e. The molecular formula is C15H18FNO4. The lowest BCUT2D eigenvalue weighted by Crippen LogP contribution is -2.37. The molecule has 1 heterocycles. The molecule has 0 spiro atoms. The fraction of sp³-hybridized carbons (Fsp3) is 0.467. The van der Waals surface area contributed by atoms with Gasteiger partial charge in [-0.15, -0.1) is 0 Å². The Labute approximate surface area is 122 Å². The normalized spacial score (nSPS) is 18.3. The molecule has 1 unspecified atom stereocenters. The summed E-state index contributed by atoms with van der Waals surface area (Å²) < 4.78 is 19.4. The van der Waals surface area contributed by atoms with Crippen LogP contribution in [-0.2, 0) is 4.74 Å². The molecule has 1 amide bonds. The van der Waals surface area contributed by atoms with E-state index in [0.717, 1.165) is 25.3 Å². The first-order valence-corrected chi connectivity index (χ1v) is 6.89. The number of carboxylic acid groups (broad SMARTS) is 1. The molecule has 0 aromatic heterocycles. The molecule has 1 fully saturated rings. The summed E-state index contributed by atoms with van der Waals surface area (Å²) in [6.45, 7) is 1.09. The zero-order chi connectivity index (χ0) is 15.4. The second kappa shape index (κ2) is 6.67. The third kappa shape index (κ3) is 3.78. The van der Waals surface area contributed by atoms with Crippen molar-refractivity contribution in [2.24, 2.45) is 0 Å². The van der Waals surface area contributed by atoms with E-state index in [1.807, 2.05) is 0 Å². The average Bonchev–Trinajstić information content (AvgIpc) is 2.47. The largest absolute Gasteiger partial charge is 0.478 e. The fourth-order valence-electron chi connectivity index (χ4n) is 2.37. The molecule has 0 bridgehead atoms. The van der Waals surface area contributed by atoms with E-state index < -0.39 is 17.7 Å². The summed E-state index contributed by atoms with van der Waals surface area (Å²) in [7, 11) is 1.59. The highest BCUT2D eigenvalue weighted by atomic mass is 19.1. The second-order valence-corrected chi connectivity index (χ2v) is 5.17. The van der Waals surface area contributed by atoms with Crippen LogP contribution < -0.4 is 0 Å². The molecule has 114 valence electrons. The molecule has 21 heavy (non-hydrogen) atoms. The maximum atomic E-state index is 13.9. The van der Waals surface area contributed by atoms with E-state index in [1.54, 1.807) is 7.05 Å². The highest BCUT2D eigenvalue weighted by Gasteiger charge is 2.22. The number of halogens is 1. The monoisotopic (exact) mass is 295 g/mol. The van der Waals surface area contributed by atoms with Crippen molar-refractivity contribution in [2.75, 3.05) is 20.2 Å². The molecule has 1 aromatic carbocycles. The number of carbonyl (C=O) groups is 2. The molecule has 0 saturated carbocycles. The number of rotatable bonds is 4. The highest BCUT2D eigenvalue weighted by molar-refractivity contribution is 5.96. The number of amides is 1. The molecule has 1 N–H and O–H groups in total. The number of hydrogen-bond acceptors (Lipinski definition) is 3. The number of benzene rings is 1. The lowest BCUT2D eigenvalue weighted by Gasteiger charge is -2.27. The van der Waals surface area contributed by atoms with Crippen molar-refractivity contribution >= 4 is 11.9 Å². The van der Waals surface area contributed by atoms with Gasteiger partial charge in [0.1, 0.15) is 5.82 Å². The Bertz CT molecular complexity index is 540.